The van der Waals surface area contributed by atoms with Crippen molar-refractivity contribution < 1.29 is 5.11 Å². The second-order valence-electron chi connectivity index (χ2n) is 4.88. The Morgan fingerprint density at radius 3 is 2.73 bits per heavy atom. The summed E-state index contributed by atoms with van der Waals surface area (Å²) >= 11 is 2.02. The number of hydrogen-bond donors (Lipinski definition) is 1. The Bertz CT molecular complexity index is 367. The molecule has 1 aliphatic carbocycles. The number of rotatable bonds is 3. The van der Waals surface area contributed by atoms with E-state index in [0.29, 0.717) is 0 Å². The zero-order chi connectivity index (χ0) is 10.3. The summed E-state index contributed by atoms with van der Waals surface area (Å²) in [7, 11) is 0. The van der Waals surface area contributed by atoms with Gasteiger partial charge in [-0.2, -0.15) is 11.8 Å². The van der Waals surface area contributed by atoms with Crippen LogP contribution in [0.5, 0.6) is 0 Å². The first-order valence-electron chi connectivity index (χ1n) is 5.64. The Labute approximate surface area is 94.9 Å². The molecule has 0 amide bonds. The van der Waals surface area contributed by atoms with Crippen molar-refractivity contribution >= 4 is 11.8 Å². The van der Waals surface area contributed by atoms with Crippen molar-refractivity contribution in [3.8, 4) is 0 Å². The van der Waals surface area contributed by atoms with Gasteiger partial charge >= 0.3 is 0 Å². The molecule has 1 aliphatic heterocycles. The van der Waals surface area contributed by atoms with Crippen LogP contribution < -0.4 is 0 Å². The van der Waals surface area contributed by atoms with E-state index in [1.165, 1.54) is 22.6 Å². The number of hydrogen-bond acceptors (Lipinski definition) is 2. The molecule has 2 fully saturated rings. The van der Waals surface area contributed by atoms with Crippen molar-refractivity contribution in [2.75, 3.05) is 11.5 Å². The third-order valence-corrected chi connectivity index (χ3v) is 4.70. The largest absolute Gasteiger partial charge is 0.390 e. The summed E-state index contributed by atoms with van der Waals surface area (Å²) < 4.78 is 0. The molecule has 15 heavy (non-hydrogen) atoms. The molecule has 0 spiro atoms. The number of thioether (sulfide) groups is 1. The molecule has 1 nitrogen and oxygen atoms in total. The Morgan fingerprint density at radius 2 is 2.13 bits per heavy atom. The maximum Gasteiger partial charge on any atom is 0.0690 e. The van der Waals surface area contributed by atoms with E-state index >= 15 is 0 Å². The van der Waals surface area contributed by atoms with E-state index < -0.39 is 0 Å². The highest BCUT2D eigenvalue weighted by Gasteiger charge is 2.40. The zero-order valence-corrected chi connectivity index (χ0v) is 9.59. The lowest BCUT2D eigenvalue weighted by Crippen LogP contribution is -2.16. The van der Waals surface area contributed by atoms with Crippen LogP contribution in [0.2, 0.25) is 0 Å². The van der Waals surface area contributed by atoms with Gasteiger partial charge in [-0.15, -0.1) is 0 Å². The third kappa shape index (κ3) is 2.06. The molecule has 1 N–H and O–H groups in total. The molecule has 2 heteroatoms. The molecule has 2 aliphatic rings. The SMILES string of the molecule is OC1(Cc2cccc(C3CSC3)c2)CC1. The molecule has 0 radical (unpaired) electrons. The highest BCUT2D eigenvalue weighted by atomic mass is 32.2. The normalized spacial score (nSPS) is 23.5. The standard InChI is InChI=1S/C13H16OS/c14-13(4-5-13)7-10-2-1-3-11(6-10)12-8-15-9-12/h1-3,6,12,14H,4-5,7-9H2. The molecule has 1 saturated heterocycles. The number of benzene rings is 1. The van der Waals surface area contributed by atoms with Gasteiger partial charge in [0, 0.05) is 23.8 Å². The first-order valence-corrected chi connectivity index (χ1v) is 6.80. The van der Waals surface area contributed by atoms with Gasteiger partial charge in [0.1, 0.15) is 0 Å². The molecule has 3 rings (SSSR count). The molecule has 0 aromatic heterocycles. The van der Waals surface area contributed by atoms with E-state index in [-0.39, 0.29) is 5.60 Å². The van der Waals surface area contributed by atoms with Crippen LogP contribution in [0.1, 0.15) is 29.9 Å². The van der Waals surface area contributed by atoms with Crippen LogP contribution in [-0.4, -0.2) is 22.2 Å². The minimum atomic E-state index is -0.354. The van der Waals surface area contributed by atoms with E-state index in [4.69, 9.17) is 0 Å². The van der Waals surface area contributed by atoms with Gasteiger partial charge in [-0.1, -0.05) is 24.3 Å². The van der Waals surface area contributed by atoms with Gasteiger partial charge in [-0.25, -0.2) is 0 Å². The molecule has 1 saturated carbocycles. The average molecular weight is 220 g/mol. The lowest BCUT2D eigenvalue weighted by molar-refractivity contribution is 0.151. The second-order valence-corrected chi connectivity index (χ2v) is 5.96. The maximum absolute atomic E-state index is 9.88. The van der Waals surface area contributed by atoms with E-state index in [0.717, 1.165) is 25.2 Å². The minimum Gasteiger partial charge on any atom is -0.390 e. The van der Waals surface area contributed by atoms with Crippen molar-refractivity contribution in [1.82, 2.24) is 0 Å². The monoisotopic (exact) mass is 220 g/mol. The summed E-state index contributed by atoms with van der Waals surface area (Å²) in [5, 5.41) is 9.88. The smallest absolute Gasteiger partial charge is 0.0690 e. The van der Waals surface area contributed by atoms with Crippen LogP contribution in [0, 0.1) is 0 Å². The lowest BCUT2D eigenvalue weighted by atomic mass is 9.97. The Morgan fingerprint density at radius 1 is 1.33 bits per heavy atom. The second kappa shape index (κ2) is 3.53. The molecule has 80 valence electrons. The van der Waals surface area contributed by atoms with E-state index in [9.17, 15) is 5.11 Å². The first kappa shape index (κ1) is 9.73. The summed E-state index contributed by atoms with van der Waals surface area (Å²) in [6.45, 7) is 0. The fraction of sp³-hybridized carbons (Fsp3) is 0.538. The van der Waals surface area contributed by atoms with Gasteiger partial charge < -0.3 is 5.11 Å². The highest BCUT2D eigenvalue weighted by Crippen LogP contribution is 2.39. The fourth-order valence-corrected chi connectivity index (χ4v) is 2.94. The van der Waals surface area contributed by atoms with Gasteiger partial charge in [0.05, 0.1) is 5.60 Å². The predicted molar refractivity (Wildman–Crippen MR) is 64.4 cm³/mol. The predicted octanol–water partition coefficient (Wildman–Crippen LogP) is 2.58. The van der Waals surface area contributed by atoms with Crippen LogP contribution in [0.3, 0.4) is 0 Å². The third-order valence-electron chi connectivity index (χ3n) is 3.42. The molecule has 0 bridgehead atoms. The topological polar surface area (TPSA) is 20.2 Å². The summed E-state index contributed by atoms with van der Waals surface area (Å²) in [5.41, 5.74) is 2.42. The average Bonchev–Trinajstić information content (AvgIpc) is 2.80. The van der Waals surface area contributed by atoms with E-state index in [1.54, 1.807) is 0 Å². The quantitative estimate of drug-likeness (QED) is 0.845. The maximum atomic E-state index is 9.88. The first-order chi connectivity index (χ1) is 7.25. The Hall–Kier alpha value is -0.470. The van der Waals surface area contributed by atoms with E-state index in [1.807, 2.05) is 11.8 Å². The van der Waals surface area contributed by atoms with Crippen LogP contribution in [0.25, 0.3) is 0 Å². The number of aliphatic hydroxyl groups is 1. The molecular weight excluding hydrogens is 204 g/mol. The Kier molecular flexibility index (Phi) is 2.29. The molecule has 1 heterocycles. The summed E-state index contributed by atoms with van der Waals surface area (Å²) in [6, 6.07) is 8.80. The lowest BCUT2D eigenvalue weighted by Gasteiger charge is -2.25. The van der Waals surface area contributed by atoms with Gasteiger partial charge in [0.25, 0.3) is 0 Å². The van der Waals surface area contributed by atoms with Crippen molar-refractivity contribution in [1.29, 1.82) is 0 Å². The van der Waals surface area contributed by atoms with Crippen molar-refractivity contribution in [3.05, 3.63) is 35.4 Å². The van der Waals surface area contributed by atoms with Crippen molar-refractivity contribution in [2.24, 2.45) is 0 Å². The zero-order valence-electron chi connectivity index (χ0n) is 8.78. The molecule has 1 aromatic rings. The van der Waals surface area contributed by atoms with E-state index in [2.05, 4.69) is 24.3 Å². The molecule has 0 unspecified atom stereocenters. The van der Waals surface area contributed by atoms with Crippen LogP contribution in [0.15, 0.2) is 24.3 Å². The Balaban J connectivity index is 1.76. The van der Waals surface area contributed by atoms with Gasteiger partial charge in [0.15, 0.2) is 0 Å². The minimum absolute atomic E-state index is 0.354. The fourth-order valence-electron chi connectivity index (χ4n) is 2.09. The highest BCUT2D eigenvalue weighted by molar-refractivity contribution is 8.00. The van der Waals surface area contributed by atoms with Gasteiger partial charge in [-0.05, 0) is 24.0 Å². The summed E-state index contributed by atoms with van der Waals surface area (Å²) in [5.74, 6) is 3.31. The molecular formula is C13H16OS. The molecule has 1 aromatic carbocycles. The van der Waals surface area contributed by atoms with Crippen LogP contribution in [-0.2, 0) is 6.42 Å². The van der Waals surface area contributed by atoms with Crippen molar-refractivity contribution in [2.45, 2.75) is 30.8 Å². The summed E-state index contributed by atoms with van der Waals surface area (Å²) in [6.07, 6.45) is 2.81. The molecule has 0 atom stereocenters. The summed E-state index contributed by atoms with van der Waals surface area (Å²) in [4.78, 5) is 0. The van der Waals surface area contributed by atoms with Gasteiger partial charge in [-0.3, -0.25) is 0 Å². The van der Waals surface area contributed by atoms with Crippen molar-refractivity contribution in [3.63, 3.8) is 0 Å². The van der Waals surface area contributed by atoms with Gasteiger partial charge in [0.2, 0.25) is 0 Å². The van der Waals surface area contributed by atoms with Crippen LogP contribution >= 0.6 is 11.8 Å². The van der Waals surface area contributed by atoms with Crippen LogP contribution in [0.4, 0.5) is 0 Å².